The second kappa shape index (κ2) is 7.54. The fraction of sp³-hybridized carbons (Fsp3) is 0.250. The van der Waals surface area contributed by atoms with E-state index < -0.39 is 0 Å². The Labute approximate surface area is 122 Å². The second-order valence-corrected chi connectivity index (χ2v) is 5.71. The molecule has 2 heteroatoms. The Morgan fingerprint density at radius 1 is 0.889 bits per heavy atom. The van der Waals surface area contributed by atoms with Gasteiger partial charge in [0.2, 0.25) is 0 Å². The Bertz CT molecular complexity index is 441. The van der Waals surface area contributed by atoms with Crippen LogP contribution in [0.4, 0.5) is 0 Å². The van der Waals surface area contributed by atoms with Gasteiger partial charge in [0, 0.05) is 10.5 Å². The maximum atomic E-state index is 5.71. The summed E-state index contributed by atoms with van der Waals surface area (Å²) in [6.45, 7) is 1.51. The normalized spacial score (nSPS) is 12.3. The summed E-state index contributed by atoms with van der Waals surface area (Å²) >= 11 is 2.48. The van der Waals surface area contributed by atoms with Crippen LogP contribution < -0.4 is 0 Å². The highest BCUT2D eigenvalue weighted by atomic mass is 127. The van der Waals surface area contributed by atoms with Gasteiger partial charge < -0.3 is 4.74 Å². The molecule has 0 amide bonds. The summed E-state index contributed by atoms with van der Waals surface area (Å²) in [5, 5.41) is 0. The molecule has 2 aromatic carbocycles. The van der Waals surface area contributed by atoms with Gasteiger partial charge in [0.05, 0.1) is 6.61 Å². The van der Waals surface area contributed by atoms with Crippen LogP contribution in [0.1, 0.15) is 21.5 Å². The lowest BCUT2D eigenvalue weighted by molar-refractivity contribution is 0.119. The van der Waals surface area contributed by atoms with Gasteiger partial charge in [-0.15, -0.1) is 0 Å². The van der Waals surface area contributed by atoms with Crippen LogP contribution in [0.25, 0.3) is 0 Å². The zero-order valence-electron chi connectivity index (χ0n) is 10.3. The Balaban J connectivity index is 1.70. The number of alkyl halides is 1. The van der Waals surface area contributed by atoms with E-state index >= 15 is 0 Å². The number of ether oxygens (including phenoxy) is 1. The van der Waals surface area contributed by atoms with Crippen LogP contribution in [-0.4, -0.2) is 6.61 Å². The first-order valence-corrected chi connectivity index (χ1v) is 7.41. The van der Waals surface area contributed by atoms with Crippen molar-refractivity contribution in [2.75, 3.05) is 6.61 Å². The van der Waals surface area contributed by atoms with Crippen molar-refractivity contribution in [1.82, 2.24) is 0 Å². The summed E-state index contributed by atoms with van der Waals surface area (Å²) in [6, 6.07) is 20.9. The van der Waals surface area contributed by atoms with E-state index in [0.29, 0.717) is 10.5 Å². The van der Waals surface area contributed by atoms with E-state index in [2.05, 4.69) is 65.1 Å². The average molecular weight is 352 g/mol. The van der Waals surface area contributed by atoms with Crippen LogP contribution in [0.5, 0.6) is 0 Å². The lowest BCUT2D eigenvalue weighted by atomic mass is 10.1. The van der Waals surface area contributed by atoms with Gasteiger partial charge in [-0.1, -0.05) is 83.3 Å². The van der Waals surface area contributed by atoms with E-state index in [4.69, 9.17) is 4.74 Å². The zero-order valence-corrected chi connectivity index (χ0v) is 12.4. The predicted octanol–water partition coefficient (Wildman–Crippen LogP) is 4.77. The molecule has 1 nitrogen and oxygen atoms in total. The first kappa shape index (κ1) is 13.6. The lowest BCUT2D eigenvalue weighted by Gasteiger charge is -2.10. The summed E-state index contributed by atoms with van der Waals surface area (Å²) in [4.78, 5) is 0. The number of hydrogen-bond acceptors (Lipinski definition) is 1. The summed E-state index contributed by atoms with van der Waals surface area (Å²) in [6.07, 6.45) is 1.05. The maximum absolute atomic E-state index is 5.71. The molecule has 0 saturated carbocycles. The number of rotatable bonds is 6. The van der Waals surface area contributed by atoms with Crippen LogP contribution in [0.2, 0.25) is 0 Å². The van der Waals surface area contributed by atoms with Gasteiger partial charge >= 0.3 is 0 Å². The van der Waals surface area contributed by atoms with Gasteiger partial charge in [-0.25, -0.2) is 0 Å². The Morgan fingerprint density at radius 3 is 2.17 bits per heavy atom. The minimum atomic E-state index is 0.527. The zero-order chi connectivity index (χ0) is 12.6. The molecule has 0 aliphatic heterocycles. The molecule has 0 heterocycles. The molecule has 0 spiro atoms. The quantitative estimate of drug-likeness (QED) is 0.413. The van der Waals surface area contributed by atoms with E-state index in [1.165, 1.54) is 11.1 Å². The van der Waals surface area contributed by atoms with Crippen molar-refractivity contribution >= 4 is 22.6 Å². The maximum Gasteiger partial charge on any atom is 0.0716 e. The molecule has 0 bridgehead atoms. The van der Waals surface area contributed by atoms with Crippen LogP contribution in [-0.2, 0) is 11.3 Å². The number of halogens is 1. The van der Waals surface area contributed by atoms with Crippen molar-refractivity contribution in [3.8, 4) is 0 Å². The van der Waals surface area contributed by atoms with Gasteiger partial charge in [0.15, 0.2) is 0 Å². The third-order valence-corrected chi connectivity index (χ3v) is 4.13. The van der Waals surface area contributed by atoms with Gasteiger partial charge in [-0.3, -0.25) is 0 Å². The highest BCUT2D eigenvalue weighted by molar-refractivity contribution is 14.1. The topological polar surface area (TPSA) is 9.23 Å². The van der Waals surface area contributed by atoms with E-state index in [0.717, 1.165) is 13.0 Å². The van der Waals surface area contributed by atoms with Gasteiger partial charge in [0.1, 0.15) is 0 Å². The van der Waals surface area contributed by atoms with Crippen molar-refractivity contribution in [1.29, 1.82) is 0 Å². The van der Waals surface area contributed by atoms with Gasteiger partial charge in [-0.2, -0.15) is 0 Å². The lowest BCUT2D eigenvalue weighted by Crippen LogP contribution is -1.99. The van der Waals surface area contributed by atoms with Crippen molar-refractivity contribution < 1.29 is 4.74 Å². The molecular formula is C16H17IO. The second-order valence-electron chi connectivity index (χ2n) is 4.21. The largest absolute Gasteiger partial charge is 0.377 e. The van der Waals surface area contributed by atoms with Crippen molar-refractivity contribution in [2.45, 2.75) is 17.0 Å². The molecular weight excluding hydrogens is 335 g/mol. The monoisotopic (exact) mass is 352 g/mol. The average Bonchev–Trinajstić information content (AvgIpc) is 2.45. The molecule has 2 aromatic rings. The molecule has 0 fully saturated rings. The molecule has 2 rings (SSSR count). The minimum Gasteiger partial charge on any atom is -0.377 e. The molecule has 0 aliphatic carbocycles. The first-order valence-electron chi connectivity index (χ1n) is 6.17. The summed E-state index contributed by atoms with van der Waals surface area (Å²) in [5.74, 6) is 0. The van der Waals surface area contributed by atoms with Crippen LogP contribution in [0, 0.1) is 0 Å². The molecule has 1 unspecified atom stereocenters. The van der Waals surface area contributed by atoms with Crippen LogP contribution in [0.3, 0.4) is 0 Å². The third-order valence-electron chi connectivity index (χ3n) is 2.79. The molecule has 0 N–H and O–H groups in total. The summed E-state index contributed by atoms with van der Waals surface area (Å²) in [5.41, 5.74) is 2.61. The fourth-order valence-corrected chi connectivity index (χ4v) is 2.45. The number of hydrogen-bond donors (Lipinski definition) is 0. The molecule has 1 atom stereocenters. The minimum absolute atomic E-state index is 0.527. The van der Waals surface area contributed by atoms with Crippen LogP contribution >= 0.6 is 22.6 Å². The Morgan fingerprint density at radius 2 is 1.50 bits per heavy atom. The Kier molecular flexibility index (Phi) is 5.68. The summed E-state index contributed by atoms with van der Waals surface area (Å²) < 4.78 is 6.23. The van der Waals surface area contributed by atoms with Crippen molar-refractivity contribution in [3.05, 3.63) is 71.8 Å². The highest BCUT2D eigenvalue weighted by Gasteiger charge is 2.05. The molecule has 0 saturated heterocycles. The number of benzene rings is 2. The first-order chi connectivity index (χ1) is 8.86. The Hall–Kier alpha value is -0.870. The van der Waals surface area contributed by atoms with E-state index in [1.807, 2.05) is 18.2 Å². The molecule has 0 radical (unpaired) electrons. The van der Waals surface area contributed by atoms with Crippen LogP contribution in [0.15, 0.2) is 60.7 Å². The van der Waals surface area contributed by atoms with E-state index in [-0.39, 0.29) is 0 Å². The fourth-order valence-electron chi connectivity index (χ4n) is 1.78. The smallest absolute Gasteiger partial charge is 0.0716 e. The van der Waals surface area contributed by atoms with Gasteiger partial charge in [0.25, 0.3) is 0 Å². The molecule has 0 aromatic heterocycles. The van der Waals surface area contributed by atoms with Gasteiger partial charge in [-0.05, 0) is 17.5 Å². The van der Waals surface area contributed by atoms with E-state index in [9.17, 15) is 0 Å². The summed E-state index contributed by atoms with van der Waals surface area (Å²) in [7, 11) is 0. The third kappa shape index (κ3) is 4.42. The highest BCUT2D eigenvalue weighted by Crippen LogP contribution is 2.26. The molecule has 0 aliphatic rings. The van der Waals surface area contributed by atoms with Crippen molar-refractivity contribution in [2.24, 2.45) is 0 Å². The van der Waals surface area contributed by atoms with Crippen molar-refractivity contribution in [3.63, 3.8) is 0 Å². The van der Waals surface area contributed by atoms with E-state index in [1.54, 1.807) is 0 Å². The molecule has 94 valence electrons. The SMILES string of the molecule is IC(CCOCc1ccccc1)c1ccccc1. The molecule has 18 heavy (non-hydrogen) atoms. The predicted molar refractivity (Wildman–Crippen MR) is 83.9 cm³/mol. The standard InChI is InChI=1S/C16H17IO/c17-16(15-9-5-2-6-10-15)11-12-18-13-14-7-3-1-4-8-14/h1-10,16H,11-13H2.